The number of aromatic nitrogens is 5. The van der Waals surface area contributed by atoms with Crippen LogP contribution in [0.15, 0.2) is 267 Å². The average Bonchev–Trinajstić information content (AvgIpc) is 1.66. The van der Waals surface area contributed by atoms with Gasteiger partial charge in [-0.1, -0.05) is 237 Å². The third-order valence-electron chi connectivity index (χ3n) is 18.5. The SMILES string of the molecule is C1=Cc2ccc3c4ccc5c6ccc7ccccc7c6n(-c6ccccc6)c5c4n(-c4cc(-c5ccccc5)cc(-n5c6c7ccccc7c7ccccc7c6c6ccc7c8ccc9ccccc9c8n(-c8ccccc8)c7c65)n4)c3c2CC1. The maximum atomic E-state index is 6.30. The van der Waals surface area contributed by atoms with Gasteiger partial charge in [0.15, 0.2) is 0 Å². The zero-order chi connectivity index (χ0) is 54.7. The normalized spacial score (nSPS) is 12.9. The number of benzene rings is 13. The van der Waals surface area contributed by atoms with Crippen molar-refractivity contribution < 1.29 is 0 Å². The Morgan fingerprint density at radius 3 is 1.27 bits per heavy atom. The van der Waals surface area contributed by atoms with Crippen LogP contribution in [0.25, 0.3) is 171 Å². The number of hydrogen-bond acceptors (Lipinski definition) is 1. The molecule has 5 aromatic heterocycles. The summed E-state index contributed by atoms with van der Waals surface area (Å²) in [4.78, 5) is 6.30. The first-order valence-electron chi connectivity index (χ1n) is 29.3. The van der Waals surface area contributed by atoms with E-state index in [-0.39, 0.29) is 0 Å². The summed E-state index contributed by atoms with van der Waals surface area (Å²) in [5, 5.41) is 19.3. The number of allylic oxidation sites excluding steroid dienone is 1. The second-order valence-corrected chi connectivity index (χ2v) is 22.8. The molecule has 0 fully saturated rings. The van der Waals surface area contributed by atoms with E-state index in [9.17, 15) is 0 Å². The molecule has 390 valence electrons. The maximum absolute atomic E-state index is 6.30. The summed E-state index contributed by atoms with van der Waals surface area (Å²) in [5.74, 6) is 1.70. The van der Waals surface area contributed by atoms with Crippen LogP contribution in [0.4, 0.5) is 0 Å². The Morgan fingerprint density at radius 1 is 0.274 bits per heavy atom. The van der Waals surface area contributed by atoms with Crippen LogP contribution in [0.1, 0.15) is 17.5 Å². The van der Waals surface area contributed by atoms with E-state index in [1.54, 1.807) is 0 Å². The first kappa shape index (κ1) is 45.7. The van der Waals surface area contributed by atoms with Crippen LogP contribution in [0.5, 0.6) is 0 Å². The predicted octanol–water partition coefficient (Wildman–Crippen LogP) is 20.7. The Balaban J connectivity index is 1.06. The highest BCUT2D eigenvalue weighted by Gasteiger charge is 2.29. The lowest BCUT2D eigenvalue weighted by Gasteiger charge is -2.19. The molecule has 18 aromatic rings. The molecule has 0 aliphatic heterocycles. The Bertz CT molecular complexity index is 5890. The summed E-state index contributed by atoms with van der Waals surface area (Å²) < 4.78 is 10.2. The lowest BCUT2D eigenvalue weighted by atomic mass is 9.94. The minimum atomic E-state index is 0.843. The molecule has 1 aliphatic carbocycles. The molecule has 1 aliphatic rings. The lowest BCUT2D eigenvalue weighted by molar-refractivity contribution is 0.970. The number of rotatable bonds is 5. The summed E-state index contributed by atoms with van der Waals surface area (Å²) in [6, 6.07) is 96.9. The molecule has 0 unspecified atom stereocenters. The van der Waals surface area contributed by atoms with Crippen LogP contribution in [0.2, 0.25) is 0 Å². The third kappa shape index (κ3) is 6.19. The van der Waals surface area contributed by atoms with E-state index in [0.717, 1.165) is 74.6 Å². The average molecular weight is 1070 g/mol. The molecule has 5 nitrogen and oxygen atoms in total. The fourth-order valence-electron chi connectivity index (χ4n) is 15.1. The van der Waals surface area contributed by atoms with Gasteiger partial charge < -0.3 is 9.13 Å². The first-order chi connectivity index (χ1) is 41.7. The largest absolute Gasteiger partial charge is 0.307 e. The highest BCUT2D eigenvalue weighted by molar-refractivity contribution is 6.36. The fraction of sp³-hybridized carbons (Fsp3) is 0.0253. The van der Waals surface area contributed by atoms with E-state index in [0.29, 0.717) is 0 Å². The Labute approximate surface area is 482 Å². The smallest absolute Gasteiger partial charge is 0.140 e. The number of hydrogen-bond donors (Lipinski definition) is 0. The predicted molar refractivity (Wildman–Crippen MR) is 354 cm³/mol. The molecule has 84 heavy (non-hydrogen) atoms. The van der Waals surface area contributed by atoms with Gasteiger partial charge in [0.2, 0.25) is 0 Å². The van der Waals surface area contributed by atoms with E-state index in [1.807, 2.05) is 0 Å². The number of fused-ring (bicyclic) bond motifs is 25. The monoisotopic (exact) mass is 1070 g/mol. The number of para-hydroxylation sites is 2. The highest BCUT2D eigenvalue weighted by atomic mass is 15.2. The van der Waals surface area contributed by atoms with Crippen molar-refractivity contribution in [1.82, 2.24) is 23.3 Å². The van der Waals surface area contributed by atoms with Gasteiger partial charge in [-0.25, -0.2) is 4.98 Å². The van der Waals surface area contributed by atoms with Crippen molar-refractivity contribution in [2.45, 2.75) is 12.8 Å². The van der Waals surface area contributed by atoms with Crippen LogP contribution < -0.4 is 0 Å². The Kier molecular flexibility index (Phi) is 9.39. The van der Waals surface area contributed by atoms with E-state index in [2.05, 4.69) is 291 Å². The van der Waals surface area contributed by atoms with Crippen molar-refractivity contribution >= 4 is 136 Å². The molecule has 0 saturated heterocycles. The van der Waals surface area contributed by atoms with Crippen molar-refractivity contribution in [3.8, 4) is 34.1 Å². The maximum Gasteiger partial charge on any atom is 0.140 e. The van der Waals surface area contributed by atoms with Gasteiger partial charge in [-0.2, -0.15) is 0 Å². The molecule has 0 bridgehead atoms. The topological polar surface area (TPSA) is 32.6 Å². The molecule has 5 heterocycles. The lowest BCUT2D eigenvalue weighted by Crippen LogP contribution is -2.07. The number of nitrogens with zero attached hydrogens (tertiary/aromatic N) is 5. The van der Waals surface area contributed by atoms with E-state index < -0.39 is 0 Å². The number of pyridine rings is 1. The van der Waals surface area contributed by atoms with Crippen molar-refractivity contribution in [3.63, 3.8) is 0 Å². The molecule has 5 heteroatoms. The minimum absolute atomic E-state index is 0.843. The minimum Gasteiger partial charge on any atom is -0.307 e. The molecule has 0 amide bonds. The Morgan fingerprint density at radius 2 is 0.679 bits per heavy atom. The van der Waals surface area contributed by atoms with Gasteiger partial charge in [0.25, 0.3) is 0 Å². The van der Waals surface area contributed by atoms with Gasteiger partial charge in [-0.15, -0.1) is 0 Å². The molecule has 19 rings (SSSR count). The first-order valence-corrected chi connectivity index (χ1v) is 29.3. The summed E-state index contributed by atoms with van der Waals surface area (Å²) in [5.41, 5.74) is 16.3. The molecule has 0 saturated carbocycles. The summed E-state index contributed by atoms with van der Waals surface area (Å²) in [7, 11) is 0. The van der Waals surface area contributed by atoms with Gasteiger partial charge in [0, 0.05) is 70.6 Å². The highest BCUT2D eigenvalue weighted by Crippen LogP contribution is 2.50. The Hall–Kier alpha value is -11.0. The second-order valence-electron chi connectivity index (χ2n) is 22.8. The molecular formula is C79H49N5. The molecular weight excluding hydrogens is 1020 g/mol. The third-order valence-corrected chi connectivity index (χ3v) is 18.5. The molecule has 13 aromatic carbocycles. The van der Waals surface area contributed by atoms with Gasteiger partial charge in [-0.05, 0) is 98.4 Å². The van der Waals surface area contributed by atoms with Crippen molar-refractivity contribution in [3.05, 3.63) is 278 Å². The van der Waals surface area contributed by atoms with Gasteiger partial charge in [0.1, 0.15) is 11.6 Å². The van der Waals surface area contributed by atoms with Crippen molar-refractivity contribution in [2.75, 3.05) is 0 Å². The fourth-order valence-corrected chi connectivity index (χ4v) is 15.1. The van der Waals surface area contributed by atoms with E-state index in [1.165, 1.54) is 114 Å². The summed E-state index contributed by atoms with van der Waals surface area (Å²) in [6.45, 7) is 0. The number of aryl methyl sites for hydroxylation is 1. The molecule has 0 atom stereocenters. The van der Waals surface area contributed by atoms with Gasteiger partial charge in [-0.3, -0.25) is 9.13 Å². The molecule has 0 radical (unpaired) electrons. The zero-order valence-corrected chi connectivity index (χ0v) is 45.6. The second kappa shape index (κ2) is 17.3. The van der Waals surface area contributed by atoms with Gasteiger partial charge in [0.05, 0.1) is 44.1 Å². The van der Waals surface area contributed by atoms with Crippen LogP contribution >= 0.6 is 0 Å². The van der Waals surface area contributed by atoms with E-state index >= 15 is 0 Å². The van der Waals surface area contributed by atoms with Crippen LogP contribution in [0.3, 0.4) is 0 Å². The standard InChI is InChI=1S/C79H49N5/c1-4-20-48(21-5-1)52-46-69(83-74-57-31-15-12-24-51(57)38-41-64(74)67-43-42-65-62-39-36-49-22-10-13-29-55(49)72(62)81(76(65)78(67)83)53-25-6-2-7-26-53)80-70(47-52)84-75-61-35-19-17-33-59(61)58-32-16-18-34-60(58)71(75)68-45-44-66-63-40-37-50-23-11-14-30-56(50)73(63)82(77(66)79(68)84)54-27-8-3-9-28-54/h1-14,16-30,32-47H,15,31H2. The van der Waals surface area contributed by atoms with Crippen molar-refractivity contribution in [2.24, 2.45) is 0 Å². The zero-order valence-electron chi connectivity index (χ0n) is 45.6. The van der Waals surface area contributed by atoms with Crippen LogP contribution in [-0.4, -0.2) is 23.3 Å². The van der Waals surface area contributed by atoms with Crippen LogP contribution in [-0.2, 0) is 6.42 Å². The van der Waals surface area contributed by atoms with Crippen molar-refractivity contribution in [1.29, 1.82) is 0 Å². The van der Waals surface area contributed by atoms with Gasteiger partial charge >= 0.3 is 0 Å². The molecule has 0 N–H and O–H groups in total. The molecule has 0 spiro atoms. The quantitative estimate of drug-likeness (QED) is 0.158. The van der Waals surface area contributed by atoms with Crippen LogP contribution in [0, 0.1) is 0 Å². The summed E-state index contributed by atoms with van der Waals surface area (Å²) >= 11 is 0. The van der Waals surface area contributed by atoms with E-state index in [4.69, 9.17) is 4.98 Å². The summed E-state index contributed by atoms with van der Waals surface area (Å²) in [6.07, 6.45) is 6.54.